The number of carboxylic acids is 1. The first-order valence-corrected chi connectivity index (χ1v) is 7.51. The van der Waals surface area contributed by atoms with Crippen molar-refractivity contribution in [2.75, 3.05) is 20.2 Å². The van der Waals surface area contributed by atoms with Crippen LogP contribution in [0.2, 0.25) is 5.02 Å². The van der Waals surface area contributed by atoms with Crippen LogP contribution in [0.15, 0.2) is 18.2 Å². The minimum absolute atomic E-state index is 0.0795. The van der Waals surface area contributed by atoms with Crippen LogP contribution in [0.4, 0.5) is 4.79 Å². The summed E-state index contributed by atoms with van der Waals surface area (Å²) < 4.78 is 5.65. The minimum Gasteiger partial charge on any atom is -0.493 e. The molecule has 0 saturated carbocycles. The zero-order chi connectivity index (χ0) is 16.1. The Kier molecular flexibility index (Phi) is 5.49. The number of amides is 2. The first-order chi connectivity index (χ1) is 10.5. The van der Waals surface area contributed by atoms with Crippen molar-refractivity contribution in [1.82, 2.24) is 10.2 Å². The van der Waals surface area contributed by atoms with Gasteiger partial charge in [0.25, 0.3) is 0 Å². The van der Waals surface area contributed by atoms with E-state index in [4.69, 9.17) is 21.4 Å². The van der Waals surface area contributed by atoms with E-state index in [0.29, 0.717) is 17.4 Å². The van der Waals surface area contributed by atoms with E-state index >= 15 is 0 Å². The van der Waals surface area contributed by atoms with Crippen LogP contribution in [0, 0.1) is 0 Å². The molecule has 0 aromatic heterocycles. The fourth-order valence-corrected chi connectivity index (χ4v) is 2.48. The average molecular weight is 327 g/mol. The van der Waals surface area contributed by atoms with Gasteiger partial charge in [-0.25, -0.2) is 4.79 Å². The molecule has 1 aromatic carbocycles. The normalized spacial score (nSPS) is 16.9. The van der Waals surface area contributed by atoms with Gasteiger partial charge in [0.05, 0.1) is 19.1 Å². The van der Waals surface area contributed by atoms with Crippen molar-refractivity contribution in [3.8, 4) is 5.75 Å². The fourth-order valence-electron chi connectivity index (χ4n) is 2.32. The SMILES string of the molecule is CN(CCC(=O)O)C(=O)NC1CCCOc2cc(Cl)ccc21. The number of urea groups is 1. The number of hydrogen-bond acceptors (Lipinski definition) is 3. The molecule has 2 N–H and O–H groups in total. The zero-order valence-electron chi connectivity index (χ0n) is 12.3. The maximum atomic E-state index is 12.2. The predicted octanol–water partition coefficient (Wildman–Crippen LogP) is 2.67. The van der Waals surface area contributed by atoms with E-state index in [-0.39, 0.29) is 25.0 Å². The van der Waals surface area contributed by atoms with E-state index in [1.165, 1.54) is 4.90 Å². The summed E-state index contributed by atoms with van der Waals surface area (Å²) in [5.74, 6) is -0.244. The highest BCUT2D eigenvalue weighted by Gasteiger charge is 2.23. The number of rotatable bonds is 4. The molecule has 1 heterocycles. The van der Waals surface area contributed by atoms with Gasteiger partial charge in [0, 0.05) is 24.2 Å². The molecule has 0 radical (unpaired) electrons. The summed E-state index contributed by atoms with van der Waals surface area (Å²) in [5, 5.41) is 12.2. The summed E-state index contributed by atoms with van der Waals surface area (Å²) in [6.45, 7) is 0.742. The van der Waals surface area contributed by atoms with Gasteiger partial charge in [-0.15, -0.1) is 0 Å². The van der Waals surface area contributed by atoms with Crippen molar-refractivity contribution < 1.29 is 19.4 Å². The molecule has 1 aliphatic heterocycles. The molecule has 1 aliphatic rings. The largest absolute Gasteiger partial charge is 0.493 e. The van der Waals surface area contributed by atoms with E-state index in [9.17, 15) is 9.59 Å². The zero-order valence-corrected chi connectivity index (χ0v) is 13.1. The van der Waals surface area contributed by atoms with E-state index < -0.39 is 5.97 Å². The van der Waals surface area contributed by atoms with Crippen LogP contribution < -0.4 is 10.1 Å². The molecule has 22 heavy (non-hydrogen) atoms. The predicted molar refractivity (Wildman–Crippen MR) is 82.3 cm³/mol. The van der Waals surface area contributed by atoms with Gasteiger partial charge in [0.1, 0.15) is 5.75 Å². The summed E-state index contributed by atoms with van der Waals surface area (Å²) in [6.07, 6.45) is 1.49. The lowest BCUT2D eigenvalue weighted by atomic mass is 10.0. The Labute approximate surface area is 134 Å². The Hall–Kier alpha value is -1.95. The quantitative estimate of drug-likeness (QED) is 0.891. The number of aliphatic carboxylic acids is 1. The molecule has 1 atom stereocenters. The number of fused-ring (bicyclic) bond motifs is 1. The number of nitrogens with one attached hydrogen (secondary N) is 1. The number of hydrogen-bond donors (Lipinski definition) is 2. The summed E-state index contributed by atoms with van der Waals surface area (Å²) in [4.78, 5) is 24.1. The lowest BCUT2D eigenvalue weighted by molar-refractivity contribution is -0.137. The monoisotopic (exact) mass is 326 g/mol. The number of carbonyl (C=O) groups is 2. The molecule has 0 aliphatic carbocycles. The molecule has 0 spiro atoms. The highest BCUT2D eigenvalue weighted by atomic mass is 35.5. The molecular formula is C15H19ClN2O4. The summed E-state index contributed by atoms with van der Waals surface area (Å²) in [7, 11) is 1.58. The topological polar surface area (TPSA) is 78.9 Å². The lowest BCUT2D eigenvalue weighted by Gasteiger charge is -2.23. The Morgan fingerprint density at radius 1 is 1.50 bits per heavy atom. The molecular weight excluding hydrogens is 308 g/mol. The second-order valence-corrected chi connectivity index (χ2v) is 5.68. The number of nitrogens with zero attached hydrogens (tertiary/aromatic N) is 1. The molecule has 1 aromatic rings. The van der Waals surface area contributed by atoms with Gasteiger partial charge in [-0.1, -0.05) is 17.7 Å². The third-order valence-corrected chi connectivity index (χ3v) is 3.79. The first-order valence-electron chi connectivity index (χ1n) is 7.13. The maximum absolute atomic E-state index is 12.2. The number of benzene rings is 1. The smallest absolute Gasteiger partial charge is 0.317 e. The second-order valence-electron chi connectivity index (χ2n) is 5.24. The van der Waals surface area contributed by atoms with Crippen molar-refractivity contribution in [3.05, 3.63) is 28.8 Å². The molecule has 0 saturated heterocycles. The number of ether oxygens (including phenoxy) is 1. The third-order valence-electron chi connectivity index (χ3n) is 3.55. The second kappa shape index (κ2) is 7.35. The minimum atomic E-state index is -0.928. The molecule has 1 unspecified atom stereocenters. The maximum Gasteiger partial charge on any atom is 0.317 e. The van der Waals surface area contributed by atoms with Crippen LogP contribution in [0.3, 0.4) is 0 Å². The van der Waals surface area contributed by atoms with Crippen molar-refractivity contribution in [1.29, 1.82) is 0 Å². The standard InChI is InChI=1S/C15H19ClN2O4/c1-18(7-6-14(19)20)15(21)17-12-3-2-8-22-13-9-10(16)4-5-11(12)13/h4-5,9,12H,2-3,6-8H2,1H3,(H,17,21)(H,19,20). The molecule has 120 valence electrons. The summed E-state index contributed by atoms with van der Waals surface area (Å²) >= 11 is 5.97. The molecule has 2 rings (SSSR count). The summed E-state index contributed by atoms with van der Waals surface area (Å²) in [6, 6.07) is 4.90. The number of halogens is 1. The Morgan fingerprint density at radius 2 is 2.27 bits per heavy atom. The van der Waals surface area contributed by atoms with Crippen LogP contribution in [-0.4, -0.2) is 42.2 Å². The van der Waals surface area contributed by atoms with Crippen molar-refractivity contribution in [3.63, 3.8) is 0 Å². The fraction of sp³-hybridized carbons (Fsp3) is 0.467. The summed E-state index contributed by atoms with van der Waals surface area (Å²) in [5.41, 5.74) is 0.891. The molecule has 6 nitrogen and oxygen atoms in total. The Bertz CT molecular complexity index is 564. The molecule has 7 heteroatoms. The van der Waals surface area contributed by atoms with E-state index in [1.807, 2.05) is 6.07 Å². The third kappa shape index (κ3) is 4.27. The van der Waals surface area contributed by atoms with Crippen molar-refractivity contribution in [2.24, 2.45) is 0 Å². The van der Waals surface area contributed by atoms with Gasteiger partial charge in [0.15, 0.2) is 0 Å². The van der Waals surface area contributed by atoms with Crippen LogP contribution in [0.5, 0.6) is 5.75 Å². The Balaban J connectivity index is 2.06. The van der Waals surface area contributed by atoms with E-state index in [1.54, 1.807) is 19.2 Å². The van der Waals surface area contributed by atoms with Crippen molar-refractivity contribution >= 4 is 23.6 Å². The van der Waals surface area contributed by atoms with Crippen molar-refractivity contribution in [2.45, 2.75) is 25.3 Å². The van der Waals surface area contributed by atoms with Crippen LogP contribution >= 0.6 is 11.6 Å². The molecule has 0 bridgehead atoms. The van der Waals surface area contributed by atoms with Crippen LogP contribution in [0.1, 0.15) is 30.9 Å². The number of carboxylic acid groups (broad SMARTS) is 1. The van der Waals surface area contributed by atoms with Gasteiger partial charge in [-0.3, -0.25) is 4.79 Å². The molecule has 2 amide bonds. The van der Waals surface area contributed by atoms with E-state index in [0.717, 1.165) is 18.4 Å². The van der Waals surface area contributed by atoms with Crippen LogP contribution in [0.25, 0.3) is 0 Å². The average Bonchev–Trinajstić information content (AvgIpc) is 2.66. The van der Waals surface area contributed by atoms with Gasteiger partial charge < -0.3 is 20.1 Å². The molecule has 0 fully saturated rings. The highest BCUT2D eigenvalue weighted by Crippen LogP contribution is 2.33. The van der Waals surface area contributed by atoms with E-state index in [2.05, 4.69) is 5.32 Å². The van der Waals surface area contributed by atoms with Gasteiger partial charge in [0.2, 0.25) is 0 Å². The van der Waals surface area contributed by atoms with Crippen LogP contribution in [-0.2, 0) is 4.79 Å². The first kappa shape index (κ1) is 16.4. The van der Waals surface area contributed by atoms with Gasteiger partial charge in [-0.05, 0) is 25.0 Å². The number of carbonyl (C=O) groups excluding carboxylic acids is 1. The Morgan fingerprint density at radius 3 is 3.00 bits per heavy atom. The van der Waals surface area contributed by atoms with Gasteiger partial charge in [-0.2, -0.15) is 0 Å². The lowest BCUT2D eigenvalue weighted by Crippen LogP contribution is -2.40. The highest BCUT2D eigenvalue weighted by molar-refractivity contribution is 6.30. The van der Waals surface area contributed by atoms with Gasteiger partial charge >= 0.3 is 12.0 Å².